The number of nitrogens with zero attached hydrogens (tertiary/aromatic N) is 3. The molecular weight excluding hydrogens is 423 g/mol. The van der Waals surface area contributed by atoms with E-state index >= 15 is 0 Å². The van der Waals surface area contributed by atoms with E-state index in [1.807, 2.05) is 32.0 Å². The van der Waals surface area contributed by atoms with Crippen molar-refractivity contribution in [1.29, 1.82) is 0 Å². The van der Waals surface area contributed by atoms with Crippen LogP contribution in [0.25, 0.3) is 22.8 Å². The average Bonchev–Trinajstić information content (AvgIpc) is 3.20. The molecule has 8 heteroatoms. The third kappa shape index (κ3) is 4.74. The zero-order valence-electron chi connectivity index (χ0n) is 18.8. The van der Waals surface area contributed by atoms with Gasteiger partial charge in [0, 0.05) is 16.9 Å². The third-order valence-corrected chi connectivity index (χ3v) is 5.25. The highest BCUT2D eigenvalue weighted by atomic mass is 19.1. The van der Waals surface area contributed by atoms with Crippen molar-refractivity contribution in [3.8, 4) is 22.8 Å². The molecule has 0 aliphatic rings. The molecule has 0 aliphatic carbocycles. The zero-order valence-corrected chi connectivity index (χ0v) is 18.8. The van der Waals surface area contributed by atoms with Crippen LogP contribution in [0.5, 0.6) is 0 Å². The molecule has 2 aromatic carbocycles. The van der Waals surface area contributed by atoms with Gasteiger partial charge in [0.15, 0.2) is 0 Å². The van der Waals surface area contributed by atoms with Gasteiger partial charge in [-0.15, -0.1) is 0 Å². The van der Waals surface area contributed by atoms with Gasteiger partial charge in [-0.25, -0.2) is 4.39 Å². The van der Waals surface area contributed by atoms with Crippen molar-refractivity contribution in [3.63, 3.8) is 0 Å². The van der Waals surface area contributed by atoms with Gasteiger partial charge in [0.2, 0.25) is 11.7 Å². The molecule has 2 heterocycles. The highest BCUT2D eigenvalue weighted by Crippen LogP contribution is 2.23. The van der Waals surface area contributed by atoms with Crippen molar-refractivity contribution in [2.75, 3.05) is 5.32 Å². The Balaban J connectivity index is 1.64. The monoisotopic (exact) mass is 446 g/mol. The summed E-state index contributed by atoms with van der Waals surface area (Å²) in [4.78, 5) is 30.3. The smallest absolute Gasteiger partial charge is 0.264 e. The molecule has 0 unspecified atom stereocenters. The van der Waals surface area contributed by atoms with Crippen LogP contribution in [0, 0.1) is 33.5 Å². The van der Waals surface area contributed by atoms with Crippen molar-refractivity contribution in [2.45, 2.75) is 34.2 Å². The molecule has 2 aromatic heterocycles. The summed E-state index contributed by atoms with van der Waals surface area (Å²) in [6.07, 6.45) is 0. The molecule has 0 spiro atoms. The highest BCUT2D eigenvalue weighted by Gasteiger charge is 2.20. The van der Waals surface area contributed by atoms with E-state index in [-0.39, 0.29) is 35.5 Å². The summed E-state index contributed by atoms with van der Waals surface area (Å²) in [6.45, 7) is 7.28. The van der Waals surface area contributed by atoms with Crippen LogP contribution >= 0.6 is 0 Å². The molecule has 4 aromatic rings. The number of carbonyl (C=O) groups excluding carboxylic acids is 1. The number of aromatic nitrogens is 3. The minimum absolute atomic E-state index is 0.0419. The van der Waals surface area contributed by atoms with E-state index in [1.54, 1.807) is 19.9 Å². The molecule has 0 saturated carbocycles. The number of pyridine rings is 1. The molecule has 0 saturated heterocycles. The Morgan fingerprint density at radius 2 is 1.70 bits per heavy atom. The number of anilines is 1. The summed E-state index contributed by atoms with van der Waals surface area (Å²) >= 11 is 0. The van der Waals surface area contributed by atoms with E-state index in [0.29, 0.717) is 22.5 Å². The van der Waals surface area contributed by atoms with Gasteiger partial charge in [-0.3, -0.25) is 9.59 Å². The SMILES string of the molecule is Cc1cc(C)cc(NC(=O)Cn2c(C)cc(C)c(-c3nc(-c4ccc(F)cc4)no3)c2=O)c1. The molecule has 0 fully saturated rings. The fraction of sp³-hybridized carbons (Fsp3) is 0.200. The summed E-state index contributed by atoms with van der Waals surface area (Å²) in [5.74, 6) is -0.417. The number of amides is 1. The topological polar surface area (TPSA) is 90.0 Å². The van der Waals surface area contributed by atoms with E-state index in [1.165, 1.54) is 28.8 Å². The molecule has 1 amide bonds. The first kappa shape index (κ1) is 22.1. The summed E-state index contributed by atoms with van der Waals surface area (Å²) < 4.78 is 19.9. The third-order valence-electron chi connectivity index (χ3n) is 5.25. The quantitative estimate of drug-likeness (QED) is 0.485. The van der Waals surface area contributed by atoms with Crippen LogP contribution in [0.3, 0.4) is 0 Å². The van der Waals surface area contributed by atoms with Crippen molar-refractivity contribution >= 4 is 11.6 Å². The van der Waals surface area contributed by atoms with Gasteiger partial charge in [-0.2, -0.15) is 4.98 Å². The van der Waals surface area contributed by atoms with Gasteiger partial charge in [0.25, 0.3) is 11.4 Å². The number of carbonyl (C=O) groups is 1. The van der Waals surface area contributed by atoms with Crippen molar-refractivity contribution in [1.82, 2.24) is 14.7 Å². The Kier molecular flexibility index (Phi) is 5.91. The molecule has 0 atom stereocenters. The zero-order chi connectivity index (χ0) is 23.7. The first-order valence-electron chi connectivity index (χ1n) is 10.4. The fourth-order valence-electron chi connectivity index (χ4n) is 3.82. The van der Waals surface area contributed by atoms with Crippen LogP contribution in [0.15, 0.2) is 57.8 Å². The largest absolute Gasteiger partial charge is 0.333 e. The van der Waals surface area contributed by atoms with E-state index in [0.717, 1.165) is 11.1 Å². The van der Waals surface area contributed by atoms with Gasteiger partial charge in [0.05, 0.1) is 0 Å². The lowest BCUT2D eigenvalue weighted by molar-refractivity contribution is -0.116. The molecule has 0 bridgehead atoms. The molecule has 4 rings (SSSR count). The Morgan fingerprint density at radius 1 is 1.03 bits per heavy atom. The maximum Gasteiger partial charge on any atom is 0.264 e. The predicted octanol–water partition coefficient (Wildman–Crippen LogP) is 4.58. The van der Waals surface area contributed by atoms with Crippen LogP contribution in [0.2, 0.25) is 0 Å². The van der Waals surface area contributed by atoms with Gasteiger partial charge < -0.3 is 14.4 Å². The van der Waals surface area contributed by atoms with Gasteiger partial charge >= 0.3 is 0 Å². The molecule has 7 nitrogen and oxygen atoms in total. The van der Waals surface area contributed by atoms with Crippen LogP contribution in [-0.2, 0) is 11.3 Å². The fourth-order valence-corrected chi connectivity index (χ4v) is 3.82. The normalized spacial score (nSPS) is 10.9. The maximum absolute atomic E-state index is 13.3. The van der Waals surface area contributed by atoms with Crippen LogP contribution in [-0.4, -0.2) is 20.6 Å². The Hall–Kier alpha value is -4.07. The van der Waals surface area contributed by atoms with Crippen molar-refractivity contribution < 1.29 is 13.7 Å². The lowest BCUT2D eigenvalue weighted by Gasteiger charge is -2.13. The summed E-state index contributed by atoms with van der Waals surface area (Å²) in [5.41, 5.74) is 4.40. The number of aryl methyl sites for hydroxylation is 4. The van der Waals surface area contributed by atoms with Crippen LogP contribution in [0.1, 0.15) is 22.4 Å². The number of benzene rings is 2. The molecule has 1 N–H and O–H groups in total. The van der Waals surface area contributed by atoms with Gasteiger partial charge in [-0.1, -0.05) is 11.2 Å². The minimum Gasteiger partial charge on any atom is -0.333 e. The maximum atomic E-state index is 13.3. The number of halogens is 1. The van der Waals surface area contributed by atoms with Crippen molar-refractivity contribution in [2.24, 2.45) is 0 Å². The number of rotatable bonds is 5. The lowest BCUT2D eigenvalue weighted by atomic mass is 10.1. The summed E-state index contributed by atoms with van der Waals surface area (Å²) in [7, 11) is 0. The van der Waals surface area contributed by atoms with Gasteiger partial charge in [0.1, 0.15) is 17.9 Å². The number of hydrogen-bond acceptors (Lipinski definition) is 5. The van der Waals surface area contributed by atoms with E-state index in [4.69, 9.17) is 4.52 Å². The summed E-state index contributed by atoms with van der Waals surface area (Å²) in [6, 6.07) is 13.2. The predicted molar refractivity (Wildman–Crippen MR) is 123 cm³/mol. The number of nitrogens with one attached hydrogen (secondary N) is 1. The van der Waals surface area contributed by atoms with Crippen molar-refractivity contribution in [3.05, 3.63) is 87.1 Å². The first-order chi connectivity index (χ1) is 15.7. The highest BCUT2D eigenvalue weighted by molar-refractivity contribution is 5.90. The minimum atomic E-state index is -0.405. The number of hydrogen-bond donors (Lipinski definition) is 1. The molecule has 168 valence electrons. The Morgan fingerprint density at radius 3 is 2.36 bits per heavy atom. The summed E-state index contributed by atoms with van der Waals surface area (Å²) in [5, 5.41) is 6.77. The second kappa shape index (κ2) is 8.82. The Bertz CT molecular complexity index is 1380. The molecule has 0 aliphatic heterocycles. The second-order valence-corrected chi connectivity index (χ2v) is 8.09. The standard InChI is InChI=1S/C25H23FN4O3/c1-14-9-15(2)11-20(10-14)27-21(31)13-30-17(4)12-16(3)22(25(30)32)24-28-23(29-33-24)18-5-7-19(26)8-6-18/h5-12H,13H2,1-4H3,(H,27,31). The van der Waals surface area contributed by atoms with Gasteiger partial charge in [-0.05, 0) is 86.8 Å². The lowest BCUT2D eigenvalue weighted by Crippen LogP contribution is -2.30. The van der Waals surface area contributed by atoms with E-state index in [9.17, 15) is 14.0 Å². The molecular formula is C25H23FN4O3. The first-order valence-corrected chi connectivity index (χ1v) is 10.4. The van der Waals surface area contributed by atoms with Crippen LogP contribution in [0.4, 0.5) is 10.1 Å². The van der Waals surface area contributed by atoms with Crippen LogP contribution < -0.4 is 10.9 Å². The average molecular weight is 446 g/mol. The second-order valence-electron chi connectivity index (χ2n) is 8.09. The Labute approximate surface area is 189 Å². The van der Waals surface area contributed by atoms with E-state index in [2.05, 4.69) is 15.5 Å². The molecule has 33 heavy (non-hydrogen) atoms. The molecule has 0 radical (unpaired) electrons. The van der Waals surface area contributed by atoms with E-state index < -0.39 is 5.56 Å².